The Morgan fingerprint density at radius 1 is 1.92 bits per heavy atom. The fourth-order valence-electron chi connectivity index (χ4n) is 1.26. The standard InChI is InChI=1S/C9H13NO3/c1-3-4-13-10-5-8(6-11)9(12)7(10)2/h3,7,9,12H,1,4-5H2,2H3. The first-order valence-corrected chi connectivity index (χ1v) is 4.13. The number of carbonyl (C=O) groups excluding carboxylic acids is 1. The number of hydroxylamine groups is 2. The van der Waals surface area contributed by atoms with E-state index in [-0.39, 0.29) is 6.04 Å². The van der Waals surface area contributed by atoms with Gasteiger partial charge in [-0.1, -0.05) is 6.08 Å². The molecule has 0 aromatic heterocycles. The van der Waals surface area contributed by atoms with Crippen LogP contribution in [0.1, 0.15) is 6.92 Å². The molecule has 0 radical (unpaired) electrons. The predicted molar refractivity (Wildman–Crippen MR) is 47.5 cm³/mol. The van der Waals surface area contributed by atoms with Crippen LogP contribution >= 0.6 is 0 Å². The highest BCUT2D eigenvalue weighted by Crippen LogP contribution is 2.20. The third-order valence-corrected chi connectivity index (χ3v) is 2.08. The molecule has 1 aliphatic heterocycles. The molecule has 0 aromatic carbocycles. The van der Waals surface area contributed by atoms with E-state index < -0.39 is 6.10 Å². The second kappa shape index (κ2) is 4.35. The average Bonchev–Trinajstić information content (AvgIpc) is 2.41. The Hall–Kier alpha value is -0.930. The molecule has 1 saturated heterocycles. The van der Waals surface area contributed by atoms with Crippen LogP contribution in [0, 0.1) is 0 Å². The number of hydrogen-bond donors (Lipinski definition) is 1. The summed E-state index contributed by atoms with van der Waals surface area (Å²) < 4.78 is 0. The summed E-state index contributed by atoms with van der Waals surface area (Å²) in [6, 6.07) is -0.198. The molecule has 0 spiro atoms. The van der Waals surface area contributed by atoms with Crippen molar-refractivity contribution < 1.29 is 14.7 Å². The number of aliphatic hydroxyl groups is 1. The van der Waals surface area contributed by atoms with E-state index in [0.717, 1.165) is 0 Å². The van der Waals surface area contributed by atoms with Crippen molar-refractivity contribution in [1.29, 1.82) is 0 Å². The summed E-state index contributed by atoms with van der Waals surface area (Å²) >= 11 is 0. The van der Waals surface area contributed by atoms with Crippen LogP contribution in [0.5, 0.6) is 0 Å². The first kappa shape index (κ1) is 10.2. The van der Waals surface area contributed by atoms with E-state index in [1.807, 2.05) is 0 Å². The molecule has 1 rings (SSSR count). The summed E-state index contributed by atoms with van der Waals surface area (Å²) in [5, 5.41) is 11.0. The van der Waals surface area contributed by atoms with E-state index >= 15 is 0 Å². The van der Waals surface area contributed by atoms with Crippen LogP contribution in [-0.2, 0) is 9.63 Å². The molecule has 2 unspecified atom stereocenters. The zero-order valence-corrected chi connectivity index (χ0v) is 7.56. The Kier molecular flexibility index (Phi) is 3.39. The Morgan fingerprint density at radius 3 is 3.08 bits per heavy atom. The van der Waals surface area contributed by atoms with E-state index in [0.29, 0.717) is 18.7 Å². The van der Waals surface area contributed by atoms with Crippen molar-refractivity contribution in [2.45, 2.75) is 19.1 Å². The van der Waals surface area contributed by atoms with Gasteiger partial charge in [0.1, 0.15) is 12.0 Å². The Labute approximate surface area is 77.1 Å². The van der Waals surface area contributed by atoms with Crippen LogP contribution in [0.15, 0.2) is 18.2 Å². The maximum Gasteiger partial charge on any atom is 0.127 e. The lowest BCUT2D eigenvalue weighted by molar-refractivity contribution is -0.161. The summed E-state index contributed by atoms with van der Waals surface area (Å²) in [6.45, 7) is 5.99. The SMILES string of the molecule is C=CCON1CC(=C=O)C(O)C1C. The van der Waals surface area contributed by atoms with Gasteiger partial charge < -0.3 is 5.11 Å². The van der Waals surface area contributed by atoms with Crippen LogP contribution in [0.4, 0.5) is 0 Å². The molecule has 0 bridgehead atoms. The lowest BCUT2D eigenvalue weighted by Crippen LogP contribution is -2.32. The predicted octanol–water partition coefficient (Wildman–Crippen LogP) is -0.0730. The van der Waals surface area contributed by atoms with Crippen molar-refractivity contribution in [2.75, 3.05) is 13.2 Å². The maximum absolute atomic E-state index is 10.4. The molecule has 4 heteroatoms. The molecule has 13 heavy (non-hydrogen) atoms. The normalized spacial score (nSPS) is 28.9. The lowest BCUT2D eigenvalue weighted by atomic mass is 10.1. The largest absolute Gasteiger partial charge is 0.386 e. The first-order chi connectivity index (χ1) is 6.20. The van der Waals surface area contributed by atoms with E-state index in [2.05, 4.69) is 6.58 Å². The Bertz CT molecular complexity index is 245. The van der Waals surface area contributed by atoms with Crippen molar-refractivity contribution in [3.8, 4) is 0 Å². The molecule has 2 atom stereocenters. The summed E-state index contributed by atoms with van der Waals surface area (Å²) in [5.41, 5.74) is 0.344. The van der Waals surface area contributed by atoms with Crippen molar-refractivity contribution in [3.05, 3.63) is 18.2 Å². The maximum atomic E-state index is 10.4. The number of nitrogens with zero attached hydrogens (tertiary/aromatic N) is 1. The topological polar surface area (TPSA) is 49.8 Å². The van der Waals surface area contributed by atoms with Crippen LogP contribution in [0.3, 0.4) is 0 Å². The molecule has 4 nitrogen and oxygen atoms in total. The minimum Gasteiger partial charge on any atom is -0.386 e. The van der Waals surface area contributed by atoms with E-state index in [1.165, 1.54) is 0 Å². The summed E-state index contributed by atoms with van der Waals surface area (Å²) in [6.07, 6.45) is 0.851. The van der Waals surface area contributed by atoms with Gasteiger partial charge in [-0.25, -0.2) is 4.79 Å². The molecular formula is C9H13NO3. The zero-order valence-electron chi connectivity index (χ0n) is 7.56. The van der Waals surface area contributed by atoms with Crippen LogP contribution in [0.25, 0.3) is 0 Å². The molecular weight excluding hydrogens is 170 g/mol. The van der Waals surface area contributed by atoms with Gasteiger partial charge >= 0.3 is 0 Å². The van der Waals surface area contributed by atoms with Crippen LogP contribution in [0.2, 0.25) is 0 Å². The Balaban J connectivity index is 2.60. The highest BCUT2D eigenvalue weighted by molar-refractivity contribution is 5.56. The van der Waals surface area contributed by atoms with Gasteiger partial charge in [-0.3, -0.25) is 4.84 Å². The third kappa shape index (κ3) is 2.05. The summed E-state index contributed by atoms with van der Waals surface area (Å²) in [7, 11) is 0. The van der Waals surface area contributed by atoms with Gasteiger partial charge in [0.15, 0.2) is 0 Å². The van der Waals surface area contributed by atoms with Gasteiger partial charge in [-0.15, -0.1) is 6.58 Å². The van der Waals surface area contributed by atoms with E-state index in [9.17, 15) is 9.90 Å². The number of hydrogen-bond acceptors (Lipinski definition) is 4. The molecule has 1 fully saturated rings. The number of rotatable bonds is 3. The lowest BCUT2D eigenvalue weighted by Gasteiger charge is -2.19. The highest BCUT2D eigenvalue weighted by Gasteiger charge is 2.35. The molecule has 0 aromatic rings. The van der Waals surface area contributed by atoms with Gasteiger partial charge in [0.05, 0.1) is 24.8 Å². The molecule has 1 aliphatic rings. The zero-order chi connectivity index (χ0) is 9.84. The van der Waals surface area contributed by atoms with Gasteiger partial charge in [0, 0.05) is 0 Å². The summed E-state index contributed by atoms with van der Waals surface area (Å²) in [5.74, 6) is 1.72. The fourth-order valence-corrected chi connectivity index (χ4v) is 1.26. The second-order valence-electron chi connectivity index (χ2n) is 2.97. The van der Waals surface area contributed by atoms with E-state index in [1.54, 1.807) is 24.0 Å². The fraction of sp³-hybridized carbons (Fsp3) is 0.556. The second-order valence-corrected chi connectivity index (χ2v) is 2.97. The minimum atomic E-state index is -0.762. The molecule has 1 N–H and O–H groups in total. The van der Waals surface area contributed by atoms with Gasteiger partial charge in [-0.05, 0) is 6.92 Å². The third-order valence-electron chi connectivity index (χ3n) is 2.08. The highest BCUT2D eigenvalue weighted by atomic mass is 16.7. The average molecular weight is 183 g/mol. The minimum absolute atomic E-state index is 0.198. The van der Waals surface area contributed by atoms with Gasteiger partial charge in [0.2, 0.25) is 0 Å². The molecule has 0 aliphatic carbocycles. The quantitative estimate of drug-likeness (QED) is 0.491. The van der Waals surface area contributed by atoms with Crippen molar-refractivity contribution in [3.63, 3.8) is 0 Å². The van der Waals surface area contributed by atoms with E-state index in [4.69, 9.17) is 4.84 Å². The van der Waals surface area contributed by atoms with Gasteiger partial charge in [0.25, 0.3) is 0 Å². The Morgan fingerprint density at radius 2 is 2.62 bits per heavy atom. The number of aliphatic hydroxyl groups excluding tert-OH is 1. The molecule has 72 valence electrons. The van der Waals surface area contributed by atoms with Crippen molar-refractivity contribution in [2.24, 2.45) is 0 Å². The monoisotopic (exact) mass is 183 g/mol. The van der Waals surface area contributed by atoms with Gasteiger partial charge in [-0.2, -0.15) is 5.06 Å². The molecule has 0 saturated carbocycles. The van der Waals surface area contributed by atoms with Crippen molar-refractivity contribution >= 4 is 5.94 Å². The van der Waals surface area contributed by atoms with Crippen LogP contribution in [-0.4, -0.2) is 41.4 Å². The first-order valence-electron chi connectivity index (χ1n) is 4.13. The van der Waals surface area contributed by atoms with Crippen LogP contribution < -0.4 is 0 Å². The smallest absolute Gasteiger partial charge is 0.127 e. The molecule has 0 amide bonds. The molecule has 1 heterocycles. The summed E-state index contributed by atoms with van der Waals surface area (Å²) in [4.78, 5) is 15.6. The van der Waals surface area contributed by atoms with Crippen molar-refractivity contribution in [1.82, 2.24) is 5.06 Å².